The van der Waals surface area contributed by atoms with Crippen molar-refractivity contribution in [1.82, 2.24) is 9.62 Å². The third-order valence-electron chi connectivity index (χ3n) is 4.10. The van der Waals surface area contributed by atoms with Crippen LogP contribution < -0.4 is 5.32 Å². The van der Waals surface area contributed by atoms with Crippen LogP contribution >= 0.6 is 0 Å². The molecule has 0 saturated carbocycles. The average Bonchev–Trinajstić information content (AvgIpc) is 2.52. The van der Waals surface area contributed by atoms with E-state index < -0.39 is 10.0 Å². The molecule has 4 nitrogen and oxygen atoms in total. The molecule has 0 aromatic heterocycles. The van der Waals surface area contributed by atoms with Crippen molar-refractivity contribution < 1.29 is 8.42 Å². The molecule has 1 aliphatic heterocycles. The Kier molecular flexibility index (Phi) is 6.21. The summed E-state index contributed by atoms with van der Waals surface area (Å²) in [5.74, 6) is 0.649. The summed E-state index contributed by atoms with van der Waals surface area (Å²) < 4.78 is 26.7. The van der Waals surface area contributed by atoms with Gasteiger partial charge in [-0.1, -0.05) is 37.3 Å². The summed E-state index contributed by atoms with van der Waals surface area (Å²) in [7, 11) is -3.16. The van der Waals surface area contributed by atoms with Crippen LogP contribution in [0.2, 0.25) is 0 Å². The zero-order valence-corrected chi connectivity index (χ0v) is 13.6. The second-order valence-electron chi connectivity index (χ2n) is 5.71. The minimum Gasteiger partial charge on any atom is -0.316 e. The van der Waals surface area contributed by atoms with Gasteiger partial charge in [0.05, 0.1) is 5.75 Å². The summed E-state index contributed by atoms with van der Waals surface area (Å²) in [4.78, 5) is 0. The average molecular weight is 310 g/mol. The smallest absolute Gasteiger partial charge is 0.214 e. The zero-order valence-electron chi connectivity index (χ0n) is 12.8. The van der Waals surface area contributed by atoms with Gasteiger partial charge in [0.25, 0.3) is 0 Å². The summed E-state index contributed by atoms with van der Waals surface area (Å²) in [5, 5.41) is 3.35. The maximum atomic E-state index is 12.5. The number of nitrogens with one attached hydrogen (secondary N) is 1. The molecule has 0 amide bonds. The summed E-state index contributed by atoms with van der Waals surface area (Å²) in [6.07, 6.45) is 2.85. The lowest BCUT2D eigenvalue weighted by molar-refractivity contribution is 0.298. The van der Waals surface area contributed by atoms with Gasteiger partial charge in [0.15, 0.2) is 0 Å². The van der Waals surface area contributed by atoms with Gasteiger partial charge in [0, 0.05) is 13.1 Å². The number of hydrogen-bond acceptors (Lipinski definition) is 3. The van der Waals surface area contributed by atoms with Crippen LogP contribution in [-0.2, 0) is 16.4 Å². The number of nitrogens with zero attached hydrogens (tertiary/aromatic N) is 1. The summed E-state index contributed by atoms with van der Waals surface area (Å²) in [6.45, 7) is 5.14. The predicted molar refractivity (Wildman–Crippen MR) is 86.8 cm³/mol. The molecule has 0 radical (unpaired) electrons. The van der Waals surface area contributed by atoms with Gasteiger partial charge in [-0.3, -0.25) is 0 Å². The van der Waals surface area contributed by atoms with E-state index in [4.69, 9.17) is 0 Å². The van der Waals surface area contributed by atoms with Gasteiger partial charge < -0.3 is 5.32 Å². The van der Waals surface area contributed by atoms with Crippen LogP contribution in [0.1, 0.15) is 25.3 Å². The number of rotatable bonds is 7. The molecule has 1 heterocycles. The summed E-state index contributed by atoms with van der Waals surface area (Å²) >= 11 is 0. The highest BCUT2D eigenvalue weighted by atomic mass is 32.2. The maximum absolute atomic E-state index is 12.5. The first-order valence-electron chi connectivity index (χ1n) is 7.84. The third kappa shape index (κ3) is 5.09. The SMILES string of the molecule is CCN(CC1CCCNC1)S(=O)(=O)CCc1ccccc1. The number of sulfonamides is 1. The Bertz CT molecular complexity index is 510. The molecule has 1 atom stereocenters. The molecular weight excluding hydrogens is 284 g/mol. The highest BCUT2D eigenvalue weighted by Crippen LogP contribution is 2.15. The molecule has 0 aliphatic carbocycles. The number of hydrogen-bond donors (Lipinski definition) is 1. The molecule has 118 valence electrons. The van der Waals surface area contributed by atoms with Gasteiger partial charge in [-0.05, 0) is 43.8 Å². The minimum absolute atomic E-state index is 0.199. The van der Waals surface area contributed by atoms with E-state index in [0.717, 1.165) is 31.5 Å². The second-order valence-corrected chi connectivity index (χ2v) is 7.80. The first-order valence-corrected chi connectivity index (χ1v) is 9.45. The van der Waals surface area contributed by atoms with Crippen LogP contribution in [0.25, 0.3) is 0 Å². The van der Waals surface area contributed by atoms with Crippen LogP contribution in [0.4, 0.5) is 0 Å². The van der Waals surface area contributed by atoms with Gasteiger partial charge in [-0.2, -0.15) is 0 Å². The lowest BCUT2D eigenvalue weighted by atomic mass is 10.00. The van der Waals surface area contributed by atoms with Crippen molar-refractivity contribution in [2.45, 2.75) is 26.2 Å². The van der Waals surface area contributed by atoms with Crippen molar-refractivity contribution in [3.63, 3.8) is 0 Å². The van der Waals surface area contributed by atoms with Crippen molar-refractivity contribution in [3.05, 3.63) is 35.9 Å². The molecule has 1 fully saturated rings. The minimum atomic E-state index is -3.16. The monoisotopic (exact) mass is 310 g/mol. The van der Waals surface area contributed by atoms with Crippen molar-refractivity contribution >= 4 is 10.0 Å². The lowest BCUT2D eigenvalue weighted by Crippen LogP contribution is -2.42. The molecule has 1 unspecified atom stereocenters. The van der Waals surface area contributed by atoms with E-state index in [9.17, 15) is 8.42 Å². The first-order chi connectivity index (χ1) is 10.1. The molecule has 0 spiro atoms. The van der Waals surface area contributed by atoms with Gasteiger partial charge in [0.1, 0.15) is 0 Å². The number of piperidine rings is 1. The Morgan fingerprint density at radius 1 is 1.29 bits per heavy atom. The van der Waals surface area contributed by atoms with E-state index in [1.54, 1.807) is 4.31 Å². The number of aryl methyl sites for hydroxylation is 1. The first kappa shape index (κ1) is 16.5. The second kappa shape index (κ2) is 7.92. The van der Waals surface area contributed by atoms with E-state index in [0.29, 0.717) is 25.4 Å². The lowest BCUT2D eigenvalue weighted by Gasteiger charge is -2.29. The van der Waals surface area contributed by atoms with Gasteiger partial charge >= 0.3 is 0 Å². The molecule has 1 aliphatic rings. The van der Waals surface area contributed by atoms with Gasteiger partial charge in [0.2, 0.25) is 10.0 Å². The van der Waals surface area contributed by atoms with Crippen LogP contribution in [0.5, 0.6) is 0 Å². The summed E-state index contributed by atoms with van der Waals surface area (Å²) in [5.41, 5.74) is 1.08. The van der Waals surface area contributed by atoms with Crippen molar-refractivity contribution in [2.75, 3.05) is 31.9 Å². The molecule has 2 rings (SSSR count). The van der Waals surface area contributed by atoms with Gasteiger partial charge in [-0.15, -0.1) is 0 Å². The molecular formula is C16H26N2O2S. The van der Waals surface area contributed by atoms with Gasteiger partial charge in [-0.25, -0.2) is 12.7 Å². The fourth-order valence-corrected chi connectivity index (χ4v) is 4.41. The van der Waals surface area contributed by atoms with Crippen LogP contribution in [0.15, 0.2) is 30.3 Å². The highest BCUT2D eigenvalue weighted by molar-refractivity contribution is 7.89. The molecule has 0 bridgehead atoms. The van der Waals surface area contributed by atoms with Crippen LogP contribution in [0, 0.1) is 5.92 Å². The van der Waals surface area contributed by atoms with E-state index in [1.165, 1.54) is 0 Å². The van der Waals surface area contributed by atoms with E-state index in [-0.39, 0.29) is 5.75 Å². The van der Waals surface area contributed by atoms with E-state index >= 15 is 0 Å². The maximum Gasteiger partial charge on any atom is 0.214 e. The van der Waals surface area contributed by atoms with Crippen molar-refractivity contribution in [3.8, 4) is 0 Å². The highest BCUT2D eigenvalue weighted by Gasteiger charge is 2.24. The molecule has 1 aromatic rings. The fraction of sp³-hybridized carbons (Fsp3) is 0.625. The van der Waals surface area contributed by atoms with E-state index in [2.05, 4.69) is 5.32 Å². The third-order valence-corrected chi connectivity index (χ3v) is 6.01. The topological polar surface area (TPSA) is 49.4 Å². The Balaban J connectivity index is 1.91. The number of benzene rings is 1. The molecule has 1 N–H and O–H groups in total. The standard InChI is InChI=1S/C16H26N2O2S/c1-2-18(14-16-9-6-11-17-13-16)21(19,20)12-10-15-7-4-3-5-8-15/h3-5,7-8,16-17H,2,6,9-14H2,1H3. The molecule has 1 saturated heterocycles. The van der Waals surface area contributed by atoms with Crippen LogP contribution in [0.3, 0.4) is 0 Å². The molecule has 21 heavy (non-hydrogen) atoms. The molecule has 5 heteroatoms. The van der Waals surface area contributed by atoms with Crippen LogP contribution in [-0.4, -0.2) is 44.7 Å². The van der Waals surface area contributed by atoms with Crippen molar-refractivity contribution in [2.24, 2.45) is 5.92 Å². The van der Waals surface area contributed by atoms with E-state index in [1.807, 2.05) is 37.3 Å². The Morgan fingerprint density at radius 2 is 2.05 bits per heavy atom. The zero-order chi connectivity index (χ0) is 15.1. The molecule has 1 aromatic carbocycles. The fourth-order valence-electron chi connectivity index (χ4n) is 2.83. The normalized spacial score (nSPS) is 19.8. The summed E-state index contributed by atoms with van der Waals surface area (Å²) in [6, 6.07) is 9.82. The Morgan fingerprint density at radius 3 is 2.67 bits per heavy atom. The largest absolute Gasteiger partial charge is 0.316 e. The Hall–Kier alpha value is -0.910. The predicted octanol–water partition coefficient (Wildman–Crippen LogP) is 1.88. The van der Waals surface area contributed by atoms with Crippen molar-refractivity contribution in [1.29, 1.82) is 0 Å². The quantitative estimate of drug-likeness (QED) is 0.836. The Labute approximate surface area is 128 Å².